The first kappa shape index (κ1) is 9.85. The summed E-state index contributed by atoms with van der Waals surface area (Å²) in [5.74, 6) is 0.935. The second kappa shape index (κ2) is 3.68. The van der Waals surface area contributed by atoms with Crippen molar-refractivity contribution in [3.05, 3.63) is 53.9 Å². The summed E-state index contributed by atoms with van der Waals surface area (Å²) < 4.78 is 1.31. The average molecular weight is 250 g/mol. The second-order valence-corrected chi connectivity index (χ2v) is 5.22. The molecule has 0 aliphatic carbocycles. The van der Waals surface area contributed by atoms with Gasteiger partial charge in [0.15, 0.2) is 0 Å². The summed E-state index contributed by atoms with van der Waals surface area (Å²) in [5.41, 5.74) is 3.23. The molecule has 4 rings (SSSR count). The fraction of sp³-hybridized carbons (Fsp3) is 0. The summed E-state index contributed by atoms with van der Waals surface area (Å²) in [6.45, 7) is 0. The van der Waals surface area contributed by atoms with Gasteiger partial charge >= 0.3 is 0 Å². The maximum atomic E-state index is 4.62. The Morgan fingerprint density at radius 2 is 1.94 bits per heavy atom. The molecule has 4 aromatic rings. The molecule has 0 radical (unpaired) electrons. The number of benzene rings is 2. The minimum atomic E-state index is 0.935. The van der Waals surface area contributed by atoms with Crippen LogP contribution in [-0.4, -0.2) is 9.97 Å². The number of thiophene rings is 1. The summed E-state index contributed by atoms with van der Waals surface area (Å²) in [7, 11) is 0. The maximum absolute atomic E-state index is 4.62. The van der Waals surface area contributed by atoms with Gasteiger partial charge in [-0.2, -0.15) is 0 Å². The Morgan fingerprint density at radius 1 is 1.00 bits per heavy atom. The van der Waals surface area contributed by atoms with Crippen LogP contribution in [-0.2, 0) is 0 Å². The van der Waals surface area contributed by atoms with Crippen LogP contribution in [0.5, 0.6) is 0 Å². The van der Waals surface area contributed by atoms with Crippen LogP contribution in [0.3, 0.4) is 0 Å². The van der Waals surface area contributed by atoms with E-state index in [-0.39, 0.29) is 0 Å². The van der Waals surface area contributed by atoms with Crippen LogP contribution in [0.15, 0.2) is 53.9 Å². The number of aromatic nitrogens is 2. The molecule has 0 amide bonds. The van der Waals surface area contributed by atoms with Crippen molar-refractivity contribution in [2.24, 2.45) is 0 Å². The Labute approximate surface area is 108 Å². The smallest absolute Gasteiger partial charge is 0.138 e. The Bertz CT molecular complexity index is 809. The van der Waals surface area contributed by atoms with Crippen molar-refractivity contribution in [1.82, 2.24) is 9.97 Å². The van der Waals surface area contributed by atoms with Gasteiger partial charge in [0.05, 0.1) is 11.0 Å². The number of nitrogens with one attached hydrogen (secondary N) is 1. The first-order valence-electron chi connectivity index (χ1n) is 5.82. The van der Waals surface area contributed by atoms with Crippen LogP contribution in [0.2, 0.25) is 0 Å². The van der Waals surface area contributed by atoms with E-state index in [9.17, 15) is 0 Å². The molecule has 2 nitrogen and oxygen atoms in total. The molecular formula is C15H10N2S. The van der Waals surface area contributed by atoms with Gasteiger partial charge in [0.25, 0.3) is 0 Å². The maximum Gasteiger partial charge on any atom is 0.138 e. The molecule has 0 atom stereocenters. The van der Waals surface area contributed by atoms with Gasteiger partial charge in [0.1, 0.15) is 5.82 Å². The highest BCUT2D eigenvalue weighted by Crippen LogP contribution is 2.27. The lowest BCUT2D eigenvalue weighted by molar-refractivity contribution is 1.34. The number of hydrogen-bond acceptors (Lipinski definition) is 2. The predicted molar refractivity (Wildman–Crippen MR) is 76.9 cm³/mol. The number of para-hydroxylation sites is 2. The highest BCUT2D eigenvalue weighted by Gasteiger charge is 2.05. The van der Waals surface area contributed by atoms with E-state index < -0.39 is 0 Å². The van der Waals surface area contributed by atoms with E-state index in [4.69, 9.17) is 0 Å². The second-order valence-electron chi connectivity index (χ2n) is 4.28. The van der Waals surface area contributed by atoms with Crippen molar-refractivity contribution in [3.8, 4) is 11.4 Å². The van der Waals surface area contributed by atoms with Crippen molar-refractivity contribution in [1.29, 1.82) is 0 Å². The number of aromatic amines is 1. The van der Waals surface area contributed by atoms with Gasteiger partial charge in [-0.25, -0.2) is 4.98 Å². The van der Waals surface area contributed by atoms with E-state index in [0.29, 0.717) is 0 Å². The molecule has 0 bridgehead atoms. The lowest BCUT2D eigenvalue weighted by Gasteiger charge is -1.96. The van der Waals surface area contributed by atoms with Gasteiger partial charge in [-0.1, -0.05) is 12.1 Å². The first-order chi connectivity index (χ1) is 8.90. The molecule has 2 aromatic heterocycles. The summed E-state index contributed by atoms with van der Waals surface area (Å²) in [5, 5.41) is 3.39. The third-order valence-corrected chi connectivity index (χ3v) is 4.01. The minimum Gasteiger partial charge on any atom is -0.338 e. The van der Waals surface area contributed by atoms with Gasteiger partial charge in [-0.3, -0.25) is 0 Å². The first-order valence-corrected chi connectivity index (χ1v) is 6.70. The van der Waals surface area contributed by atoms with Crippen LogP contribution < -0.4 is 0 Å². The topological polar surface area (TPSA) is 28.7 Å². The van der Waals surface area contributed by atoms with Gasteiger partial charge in [-0.05, 0) is 47.2 Å². The Morgan fingerprint density at radius 3 is 2.89 bits per heavy atom. The molecule has 0 fully saturated rings. The molecule has 0 saturated carbocycles. The molecule has 0 saturated heterocycles. The van der Waals surface area contributed by atoms with Crippen molar-refractivity contribution < 1.29 is 0 Å². The SMILES string of the molecule is c1ccc2[nH]c(-c3ccc4sccc4c3)nc2c1. The van der Waals surface area contributed by atoms with Gasteiger partial charge in [0.2, 0.25) is 0 Å². The summed E-state index contributed by atoms with van der Waals surface area (Å²) >= 11 is 1.77. The van der Waals surface area contributed by atoms with E-state index in [0.717, 1.165) is 22.4 Å². The molecule has 86 valence electrons. The summed E-state index contributed by atoms with van der Waals surface area (Å²) in [6, 6.07) is 16.7. The van der Waals surface area contributed by atoms with Crippen LogP contribution in [0.4, 0.5) is 0 Å². The van der Waals surface area contributed by atoms with Gasteiger partial charge in [0, 0.05) is 10.3 Å². The highest BCUT2D eigenvalue weighted by molar-refractivity contribution is 7.17. The Hall–Kier alpha value is -2.13. The Kier molecular flexibility index (Phi) is 2.02. The lowest BCUT2D eigenvalue weighted by atomic mass is 10.1. The monoisotopic (exact) mass is 250 g/mol. The normalized spacial score (nSPS) is 11.3. The Balaban J connectivity index is 1.94. The third kappa shape index (κ3) is 1.45. The molecule has 2 aromatic carbocycles. The number of rotatable bonds is 1. The van der Waals surface area contributed by atoms with Crippen LogP contribution in [0, 0.1) is 0 Å². The standard InChI is InChI=1S/C15H10N2S/c1-2-4-13-12(3-1)16-15(17-13)11-5-6-14-10(9-11)7-8-18-14/h1-9H,(H,16,17). The van der Waals surface area contributed by atoms with Crippen molar-refractivity contribution in [3.63, 3.8) is 0 Å². The third-order valence-electron chi connectivity index (χ3n) is 3.12. The molecule has 18 heavy (non-hydrogen) atoms. The zero-order chi connectivity index (χ0) is 11.9. The number of hydrogen-bond donors (Lipinski definition) is 1. The number of fused-ring (bicyclic) bond motifs is 2. The van der Waals surface area contributed by atoms with Crippen LogP contribution in [0.1, 0.15) is 0 Å². The highest BCUT2D eigenvalue weighted by atomic mass is 32.1. The molecule has 0 aliphatic heterocycles. The minimum absolute atomic E-state index is 0.935. The fourth-order valence-corrected chi connectivity index (χ4v) is 2.97. The molecular weight excluding hydrogens is 240 g/mol. The quantitative estimate of drug-likeness (QED) is 0.531. The van der Waals surface area contributed by atoms with E-state index in [1.54, 1.807) is 11.3 Å². The predicted octanol–water partition coefficient (Wildman–Crippen LogP) is 4.44. The fourth-order valence-electron chi connectivity index (χ4n) is 2.20. The van der Waals surface area contributed by atoms with E-state index in [1.807, 2.05) is 18.2 Å². The molecule has 3 heteroatoms. The summed E-state index contributed by atoms with van der Waals surface area (Å²) in [6.07, 6.45) is 0. The largest absolute Gasteiger partial charge is 0.338 e. The van der Waals surface area contributed by atoms with Crippen LogP contribution >= 0.6 is 11.3 Å². The number of H-pyrrole nitrogens is 1. The van der Waals surface area contributed by atoms with Crippen molar-refractivity contribution in [2.75, 3.05) is 0 Å². The van der Waals surface area contributed by atoms with Crippen LogP contribution in [0.25, 0.3) is 32.5 Å². The zero-order valence-electron chi connectivity index (χ0n) is 9.55. The van der Waals surface area contributed by atoms with E-state index in [2.05, 4.69) is 45.7 Å². The number of imidazole rings is 1. The van der Waals surface area contributed by atoms with Gasteiger partial charge < -0.3 is 4.98 Å². The van der Waals surface area contributed by atoms with Crippen molar-refractivity contribution in [2.45, 2.75) is 0 Å². The molecule has 0 spiro atoms. The molecule has 0 unspecified atom stereocenters. The van der Waals surface area contributed by atoms with E-state index >= 15 is 0 Å². The summed E-state index contributed by atoms with van der Waals surface area (Å²) in [4.78, 5) is 7.98. The zero-order valence-corrected chi connectivity index (χ0v) is 10.4. The van der Waals surface area contributed by atoms with E-state index in [1.165, 1.54) is 10.1 Å². The molecule has 2 heterocycles. The number of nitrogens with zero attached hydrogens (tertiary/aromatic N) is 1. The van der Waals surface area contributed by atoms with Gasteiger partial charge in [-0.15, -0.1) is 11.3 Å². The molecule has 1 N–H and O–H groups in total. The lowest BCUT2D eigenvalue weighted by Crippen LogP contribution is -1.79. The average Bonchev–Trinajstić information content (AvgIpc) is 3.04. The van der Waals surface area contributed by atoms with Crippen molar-refractivity contribution >= 4 is 32.5 Å². The molecule has 0 aliphatic rings.